The molecule has 4 aliphatic rings. The number of amidine groups is 1. The van der Waals surface area contributed by atoms with Gasteiger partial charge < -0.3 is 15.2 Å². The van der Waals surface area contributed by atoms with Gasteiger partial charge in [0.1, 0.15) is 5.84 Å². The number of aromatic nitrogens is 1. The van der Waals surface area contributed by atoms with Crippen molar-refractivity contribution in [1.29, 1.82) is 0 Å². The molecule has 0 saturated heterocycles. The van der Waals surface area contributed by atoms with Crippen molar-refractivity contribution in [2.75, 3.05) is 0 Å². The minimum atomic E-state index is -0.171. The Morgan fingerprint density at radius 1 is 0.524 bits per heavy atom. The fourth-order valence-corrected chi connectivity index (χ4v) is 10.0. The topological polar surface area (TPSA) is 41.4 Å². The minimum absolute atomic E-state index is 0.0544. The average molecular weight is 809 g/mol. The fourth-order valence-electron chi connectivity index (χ4n) is 10.0. The number of hydrogen-bond acceptors (Lipinski definition) is 3. The van der Waals surface area contributed by atoms with E-state index in [2.05, 4.69) is 240 Å². The van der Waals surface area contributed by atoms with Crippen LogP contribution >= 0.6 is 0 Å². The first-order valence-electron chi connectivity index (χ1n) is 22.0. The molecule has 300 valence electrons. The molecular weight excluding hydrogens is 765 g/mol. The maximum atomic E-state index is 5.33. The average Bonchev–Trinajstić information content (AvgIpc) is 3.71. The van der Waals surface area contributed by atoms with E-state index >= 15 is 0 Å². The molecule has 8 aromatic rings. The van der Waals surface area contributed by atoms with Crippen LogP contribution in [0, 0.1) is 5.92 Å². The van der Waals surface area contributed by atoms with Gasteiger partial charge in [0.25, 0.3) is 0 Å². The number of fused-ring (bicyclic) bond motifs is 5. The van der Waals surface area contributed by atoms with Crippen molar-refractivity contribution in [2.24, 2.45) is 10.9 Å². The smallest absolute Gasteiger partial charge is 0.133 e. The van der Waals surface area contributed by atoms with Gasteiger partial charge in [-0.2, -0.15) is 0 Å². The molecule has 0 amide bonds. The molecule has 2 N–H and O–H groups in total. The zero-order valence-corrected chi connectivity index (χ0v) is 34.7. The van der Waals surface area contributed by atoms with Crippen LogP contribution in [-0.4, -0.2) is 10.4 Å². The molecule has 0 fully saturated rings. The van der Waals surface area contributed by atoms with Crippen LogP contribution < -0.4 is 10.6 Å². The standard InChI is InChI=1S/C59H44N4/c1-4-16-39(17-5-1)51-37-52(41-18-6-2-7-19-41)60-55-36-50(46-22-10-11-25-49(46)58(51)55)40-28-30-42(31-29-40)53-38-54(62-59(61-53)44-20-8-3-9-21-44)43-32-34-45(35-33-43)63-56-26-14-12-23-47(56)48-24-13-15-27-57(48)63/h1-21,23-38,46,52-53,60H,22H2,(H,61,62). The van der Waals surface area contributed by atoms with Gasteiger partial charge in [0, 0.05) is 44.9 Å². The lowest BCUT2D eigenvalue weighted by Gasteiger charge is -2.38. The van der Waals surface area contributed by atoms with Gasteiger partial charge in [0.2, 0.25) is 0 Å². The summed E-state index contributed by atoms with van der Waals surface area (Å²) >= 11 is 0. The molecule has 4 nitrogen and oxygen atoms in total. The van der Waals surface area contributed by atoms with E-state index in [0.29, 0.717) is 0 Å². The van der Waals surface area contributed by atoms with Crippen LogP contribution in [0.15, 0.2) is 246 Å². The van der Waals surface area contributed by atoms with Crippen molar-refractivity contribution in [3.63, 3.8) is 0 Å². The second-order valence-electron chi connectivity index (χ2n) is 16.7. The molecule has 3 atom stereocenters. The lowest BCUT2D eigenvalue weighted by molar-refractivity contribution is 0.695. The number of allylic oxidation sites excluding steroid dienone is 8. The SMILES string of the molecule is C1=CCC2C(=C1)C1=C(C=C2c2ccc(C3C=C(c4ccc(-n5c6ccccc6c6ccccc65)cc4)NC(c4ccccc4)=N3)cc2)NC(c2ccccc2)C=C1c1ccccc1. The number of rotatable bonds is 7. The van der Waals surface area contributed by atoms with Gasteiger partial charge in [-0.25, -0.2) is 0 Å². The molecule has 7 aromatic carbocycles. The summed E-state index contributed by atoms with van der Waals surface area (Å²) in [6, 6.07) is 67.4. The molecule has 2 aliphatic heterocycles. The first-order valence-corrected chi connectivity index (χ1v) is 22.0. The van der Waals surface area contributed by atoms with Gasteiger partial charge in [-0.05, 0) is 93.5 Å². The molecule has 3 unspecified atom stereocenters. The Morgan fingerprint density at radius 3 is 1.84 bits per heavy atom. The van der Waals surface area contributed by atoms with Crippen molar-refractivity contribution in [2.45, 2.75) is 18.5 Å². The van der Waals surface area contributed by atoms with Crippen LogP contribution in [0.3, 0.4) is 0 Å². The number of nitrogens with one attached hydrogen (secondary N) is 2. The van der Waals surface area contributed by atoms with Gasteiger partial charge in [0.05, 0.1) is 23.1 Å². The second kappa shape index (κ2) is 15.5. The summed E-state index contributed by atoms with van der Waals surface area (Å²) in [6.07, 6.45) is 15.0. The maximum absolute atomic E-state index is 5.33. The van der Waals surface area contributed by atoms with Crippen molar-refractivity contribution >= 4 is 44.5 Å². The third-order valence-corrected chi connectivity index (χ3v) is 13.0. The van der Waals surface area contributed by atoms with E-state index in [1.165, 1.54) is 66.5 Å². The first kappa shape index (κ1) is 36.9. The largest absolute Gasteiger partial charge is 0.374 e. The molecule has 2 aliphatic carbocycles. The molecule has 3 heterocycles. The third-order valence-electron chi connectivity index (χ3n) is 13.0. The maximum Gasteiger partial charge on any atom is 0.133 e. The quantitative estimate of drug-likeness (QED) is 0.168. The molecule has 0 saturated carbocycles. The summed E-state index contributed by atoms with van der Waals surface area (Å²) in [4.78, 5) is 5.33. The number of aliphatic imine (C=N–C) groups is 1. The lowest BCUT2D eigenvalue weighted by Crippen LogP contribution is -2.29. The predicted octanol–water partition coefficient (Wildman–Crippen LogP) is 13.5. The highest BCUT2D eigenvalue weighted by atomic mass is 15.0. The Morgan fingerprint density at radius 2 is 1.14 bits per heavy atom. The number of para-hydroxylation sites is 2. The zero-order valence-electron chi connectivity index (χ0n) is 34.7. The van der Waals surface area contributed by atoms with Crippen LogP contribution in [-0.2, 0) is 0 Å². The van der Waals surface area contributed by atoms with Crippen molar-refractivity contribution < 1.29 is 0 Å². The second-order valence-corrected chi connectivity index (χ2v) is 16.7. The zero-order chi connectivity index (χ0) is 41.7. The van der Waals surface area contributed by atoms with Crippen LogP contribution in [0.2, 0.25) is 0 Å². The van der Waals surface area contributed by atoms with Crippen molar-refractivity contribution in [3.8, 4) is 5.69 Å². The molecule has 1 aromatic heterocycles. The van der Waals surface area contributed by atoms with Gasteiger partial charge >= 0.3 is 0 Å². The van der Waals surface area contributed by atoms with Gasteiger partial charge in [0.15, 0.2) is 0 Å². The molecule has 4 heteroatoms. The van der Waals surface area contributed by atoms with E-state index in [0.717, 1.165) is 40.3 Å². The predicted molar refractivity (Wildman–Crippen MR) is 261 cm³/mol. The van der Waals surface area contributed by atoms with E-state index in [1.54, 1.807) is 0 Å². The van der Waals surface area contributed by atoms with E-state index < -0.39 is 0 Å². The fraction of sp³-hybridized carbons (Fsp3) is 0.0678. The summed E-state index contributed by atoms with van der Waals surface area (Å²) in [5.74, 6) is 1.12. The highest BCUT2D eigenvalue weighted by molar-refractivity contribution is 6.09. The molecule has 0 radical (unpaired) electrons. The highest BCUT2D eigenvalue weighted by Crippen LogP contribution is 2.49. The molecular formula is C59H44N4. The van der Waals surface area contributed by atoms with Gasteiger partial charge in [-0.1, -0.05) is 182 Å². The Bertz CT molecular complexity index is 3220. The van der Waals surface area contributed by atoms with Gasteiger partial charge in [-0.3, -0.25) is 4.99 Å². The van der Waals surface area contributed by atoms with Crippen LogP contribution in [0.1, 0.15) is 51.9 Å². The summed E-state index contributed by atoms with van der Waals surface area (Å²) in [5, 5.41) is 10.2. The Labute approximate surface area is 368 Å². The van der Waals surface area contributed by atoms with E-state index in [-0.39, 0.29) is 18.0 Å². The number of dihydropyridines is 1. The molecule has 63 heavy (non-hydrogen) atoms. The Balaban J connectivity index is 0.905. The third kappa shape index (κ3) is 6.59. The van der Waals surface area contributed by atoms with Crippen LogP contribution in [0.5, 0.6) is 0 Å². The minimum Gasteiger partial charge on any atom is -0.374 e. The molecule has 0 bridgehead atoms. The number of nitrogens with zero attached hydrogens (tertiary/aromatic N) is 2. The highest BCUT2D eigenvalue weighted by Gasteiger charge is 2.35. The summed E-state index contributed by atoms with van der Waals surface area (Å²) < 4.78 is 2.37. The summed E-state index contributed by atoms with van der Waals surface area (Å²) in [7, 11) is 0. The molecule has 0 spiro atoms. The van der Waals surface area contributed by atoms with E-state index in [4.69, 9.17) is 4.99 Å². The Kier molecular flexibility index (Phi) is 9.07. The number of benzene rings is 7. The first-order chi connectivity index (χ1) is 31.2. The lowest BCUT2D eigenvalue weighted by atomic mass is 9.70. The summed E-state index contributed by atoms with van der Waals surface area (Å²) in [6.45, 7) is 0. The van der Waals surface area contributed by atoms with E-state index in [1.807, 2.05) is 0 Å². The Hall–Kier alpha value is -7.95. The van der Waals surface area contributed by atoms with E-state index in [9.17, 15) is 0 Å². The summed E-state index contributed by atoms with van der Waals surface area (Å²) in [5.41, 5.74) is 18.1. The normalized spacial score (nSPS) is 19.2. The monoisotopic (exact) mass is 808 g/mol. The van der Waals surface area contributed by atoms with Crippen molar-refractivity contribution in [1.82, 2.24) is 15.2 Å². The van der Waals surface area contributed by atoms with Crippen LogP contribution in [0.25, 0.3) is 44.3 Å². The molecule has 12 rings (SSSR count). The van der Waals surface area contributed by atoms with Crippen molar-refractivity contribution in [3.05, 3.63) is 275 Å². The van der Waals surface area contributed by atoms with Crippen LogP contribution in [0.4, 0.5) is 0 Å². The van der Waals surface area contributed by atoms with Gasteiger partial charge in [-0.15, -0.1) is 0 Å². The number of hydrogen-bond donors (Lipinski definition) is 2.